The van der Waals surface area contributed by atoms with Crippen molar-refractivity contribution in [3.8, 4) is 11.3 Å². The molecule has 1 heterocycles. The first-order valence-corrected chi connectivity index (χ1v) is 6.59. The Labute approximate surface area is 117 Å². The van der Waals surface area contributed by atoms with Gasteiger partial charge in [-0.05, 0) is 44.7 Å². The lowest BCUT2D eigenvalue weighted by atomic mass is 10.1. The van der Waals surface area contributed by atoms with Crippen molar-refractivity contribution in [1.29, 1.82) is 0 Å². The molecule has 0 saturated heterocycles. The molecule has 0 aliphatic heterocycles. The van der Waals surface area contributed by atoms with Crippen LogP contribution in [0.2, 0.25) is 0 Å². The molecule has 20 heavy (non-hydrogen) atoms. The van der Waals surface area contributed by atoms with Gasteiger partial charge in [0.1, 0.15) is 11.5 Å². The maximum Gasteiger partial charge on any atom is 0.272 e. The summed E-state index contributed by atoms with van der Waals surface area (Å²) in [7, 11) is 1.90. The summed E-state index contributed by atoms with van der Waals surface area (Å²) >= 11 is 0. The highest BCUT2D eigenvalue weighted by atomic mass is 16.6. The molecule has 1 N–H and O–H groups in total. The molecule has 1 aromatic carbocycles. The van der Waals surface area contributed by atoms with Crippen LogP contribution in [-0.4, -0.2) is 12.0 Å². The summed E-state index contributed by atoms with van der Waals surface area (Å²) < 4.78 is 5.84. The second-order valence-corrected chi connectivity index (χ2v) is 4.71. The van der Waals surface area contributed by atoms with Crippen LogP contribution in [0.15, 0.2) is 34.7 Å². The summed E-state index contributed by atoms with van der Waals surface area (Å²) in [5.74, 6) is 1.60. The highest BCUT2D eigenvalue weighted by molar-refractivity contribution is 5.62. The highest BCUT2D eigenvalue weighted by Crippen LogP contribution is 2.29. The number of nitrogens with zero attached hydrogens (tertiary/aromatic N) is 1. The van der Waals surface area contributed by atoms with Crippen LogP contribution >= 0.6 is 0 Å². The van der Waals surface area contributed by atoms with Gasteiger partial charge < -0.3 is 9.73 Å². The molecule has 0 saturated carbocycles. The number of benzene rings is 1. The molecule has 0 fully saturated rings. The van der Waals surface area contributed by atoms with E-state index < -0.39 is 0 Å². The average Bonchev–Trinajstić information content (AvgIpc) is 2.89. The minimum absolute atomic E-state index is 0.127. The summed E-state index contributed by atoms with van der Waals surface area (Å²) in [6.07, 6.45) is 0.933. The minimum Gasteiger partial charge on any atom is -0.459 e. The van der Waals surface area contributed by atoms with Crippen molar-refractivity contribution in [3.05, 3.63) is 51.8 Å². The van der Waals surface area contributed by atoms with E-state index in [1.807, 2.05) is 19.2 Å². The van der Waals surface area contributed by atoms with E-state index in [2.05, 4.69) is 12.2 Å². The molecule has 5 heteroatoms. The Kier molecular flexibility index (Phi) is 4.20. The van der Waals surface area contributed by atoms with Gasteiger partial charge >= 0.3 is 0 Å². The number of furan rings is 1. The Balaban J connectivity index is 2.33. The van der Waals surface area contributed by atoms with Crippen LogP contribution in [0.4, 0.5) is 5.69 Å². The number of nitrogens with one attached hydrogen (secondary N) is 1. The number of hydrogen-bond donors (Lipinski definition) is 1. The van der Waals surface area contributed by atoms with E-state index >= 15 is 0 Å². The normalized spacial score (nSPS) is 12.3. The fourth-order valence-electron chi connectivity index (χ4n) is 2.26. The van der Waals surface area contributed by atoms with Gasteiger partial charge in [0.25, 0.3) is 5.69 Å². The standard InChI is InChI=1S/C15H18N2O3/c1-4-12(16-3)15-8-7-14(20-15)11-5-6-13(17(18)19)10(2)9-11/h5-9,12,16H,4H2,1-3H3. The molecule has 0 radical (unpaired) electrons. The van der Waals surface area contributed by atoms with Crippen molar-refractivity contribution in [3.63, 3.8) is 0 Å². The van der Waals surface area contributed by atoms with Gasteiger partial charge in [0.15, 0.2) is 0 Å². The van der Waals surface area contributed by atoms with Gasteiger partial charge in [-0.25, -0.2) is 0 Å². The van der Waals surface area contributed by atoms with Crippen LogP contribution in [0, 0.1) is 17.0 Å². The number of nitro benzene ring substituents is 1. The van der Waals surface area contributed by atoms with Crippen LogP contribution in [0.3, 0.4) is 0 Å². The van der Waals surface area contributed by atoms with Crippen molar-refractivity contribution in [2.75, 3.05) is 7.05 Å². The number of aryl methyl sites for hydroxylation is 1. The van der Waals surface area contributed by atoms with Crippen LogP contribution < -0.4 is 5.32 Å². The number of nitro groups is 1. The molecule has 106 valence electrons. The summed E-state index contributed by atoms with van der Waals surface area (Å²) in [4.78, 5) is 10.4. The Hall–Kier alpha value is -2.14. The van der Waals surface area contributed by atoms with Crippen molar-refractivity contribution >= 4 is 5.69 Å². The fourth-order valence-corrected chi connectivity index (χ4v) is 2.26. The predicted octanol–water partition coefficient (Wildman–Crippen LogP) is 3.83. The summed E-state index contributed by atoms with van der Waals surface area (Å²) in [6, 6.07) is 9.03. The van der Waals surface area contributed by atoms with Gasteiger partial charge in [-0.3, -0.25) is 10.1 Å². The largest absolute Gasteiger partial charge is 0.459 e. The van der Waals surface area contributed by atoms with Crippen LogP contribution in [0.1, 0.15) is 30.7 Å². The zero-order valence-electron chi connectivity index (χ0n) is 11.8. The zero-order valence-corrected chi connectivity index (χ0v) is 11.8. The molecular weight excluding hydrogens is 256 g/mol. The highest BCUT2D eigenvalue weighted by Gasteiger charge is 2.15. The van der Waals surface area contributed by atoms with E-state index in [4.69, 9.17) is 4.42 Å². The van der Waals surface area contributed by atoms with Crippen LogP contribution in [0.5, 0.6) is 0 Å². The van der Waals surface area contributed by atoms with E-state index in [0.29, 0.717) is 5.56 Å². The lowest BCUT2D eigenvalue weighted by molar-refractivity contribution is -0.385. The quantitative estimate of drug-likeness (QED) is 0.664. The Bertz CT molecular complexity index is 615. The smallest absolute Gasteiger partial charge is 0.272 e. The molecule has 0 bridgehead atoms. The molecule has 1 unspecified atom stereocenters. The molecule has 2 aromatic rings. The van der Waals surface area contributed by atoms with E-state index in [1.54, 1.807) is 19.1 Å². The summed E-state index contributed by atoms with van der Waals surface area (Å²) in [5.41, 5.74) is 1.61. The van der Waals surface area contributed by atoms with E-state index in [-0.39, 0.29) is 16.7 Å². The molecule has 0 amide bonds. The Morgan fingerprint density at radius 1 is 1.35 bits per heavy atom. The van der Waals surface area contributed by atoms with Crippen LogP contribution in [0.25, 0.3) is 11.3 Å². The van der Waals surface area contributed by atoms with Gasteiger partial charge in [-0.15, -0.1) is 0 Å². The van der Waals surface area contributed by atoms with Gasteiger partial charge in [-0.1, -0.05) is 6.92 Å². The average molecular weight is 274 g/mol. The first kappa shape index (κ1) is 14.3. The topological polar surface area (TPSA) is 68.3 Å². The molecule has 0 aliphatic rings. The van der Waals surface area contributed by atoms with Gasteiger partial charge in [0, 0.05) is 17.2 Å². The molecular formula is C15H18N2O3. The lowest BCUT2D eigenvalue weighted by Crippen LogP contribution is -2.14. The summed E-state index contributed by atoms with van der Waals surface area (Å²) in [5, 5.41) is 14.0. The SMILES string of the molecule is CCC(NC)c1ccc(-c2ccc([N+](=O)[O-])c(C)c2)o1. The minimum atomic E-state index is -0.374. The predicted molar refractivity (Wildman–Crippen MR) is 77.6 cm³/mol. The molecule has 2 rings (SSSR count). The zero-order chi connectivity index (χ0) is 14.7. The second-order valence-electron chi connectivity index (χ2n) is 4.71. The molecule has 1 aromatic heterocycles. The molecule has 0 aliphatic carbocycles. The van der Waals surface area contributed by atoms with Gasteiger partial charge in [0.2, 0.25) is 0 Å². The maximum absolute atomic E-state index is 10.8. The molecule has 0 spiro atoms. The maximum atomic E-state index is 10.8. The first-order chi connectivity index (χ1) is 9.56. The second kappa shape index (κ2) is 5.88. The fraction of sp³-hybridized carbons (Fsp3) is 0.333. The van der Waals surface area contributed by atoms with Crippen LogP contribution in [-0.2, 0) is 0 Å². The third-order valence-electron chi connectivity index (χ3n) is 3.40. The first-order valence-electron chi connectivity index (χ1n) is 6.59. The number of hydrogen-bond acceptors (Lipinski definition) is 4. The van der Waals surface area contributed by atoms with Crippen molar-refractivity contribution in [1.82, 2.24) is 5.32 Å². The molecule has 1 atom stereocenters. The Morgan fingerprint density at radius 2 is 2.10 bits per heavy atom. The third-order valence-corrected chi connectivity index (χ3v) is 3.40. The van der Waals surface area contributed by atoms with Crippen molar-refractivity contribution in [2.45, 2.75) is 26.3 Å². The van der Waals surface area contributed by atoms with E-state index in [1.165, 1.54) is 6.07 Å². The summed E-state index contributed by atoms with van der Waals surface area (Å²) in [6.45, 7) is 3.81. The van der Waals surface area contributed by atoms with Gasteiger partial charge in [0.05, 0.1) is 11.0 Å². The molecule has 5 nitrogen and oxygen atoms in total. The van der Waals surface area contributed by atoms with E-state index in [9.17, 15) is 10.1 Å². The van der Waals surface area contributed by atoms with Crippen molar-refractivity contribution < 1.29 is 9.34 Å². The lowest BCUT2D eigenvalue weighted by Gasteiger charge is -2.10. The van der Waals surface area contributed by atoms with Gasteiger partial charge in [-0.2, -0.15) is 0 Å². The number of rotatable bonds is 5. The monoisotopic (exact) mass is 274 g/mol. The van der Waals surface area contributed by atoms with E-state index in [0.717, 1.165) is 23.5 Å². The Morgan fingerprint density at radius 3 is 2.65 bits per heavy atom. The third kappa shape index (κ3) is 2.72. The van der Waals surface area contributed by atoms with Crippen molar-refractivity contribution in [2.24, 2.45) is 0 Å².